The van der Waals surface area contributed by atoms with Gasteiger partial charge in [-0.25, -0.2) is 9.18 Å². The fourth-order valence-electron chi connectivity index (χ4n) is 1.53. The molecule has 1 N–H and O–H groups in total. The summed E-state index contributed by atoms with van der Waals surface area (Å²) >= 11 is 0. The summed E-state index contributed by atoms with van der Waals surface area (Å²) in [6.07, 6.45) is -0.170. The van der Waals surface area contributed by atoms with E-state index in [0.717, 1.165) is 0 Å². The van der Waals surface area contributed by atoms with Crippen molar-refractivity contribution >= 4 is 11.7 Å². The average Bonchev–Trinajstić information content (AvgIpc) is 2.37. The minimum absolute atomic E-state index is 0.0520. The molecule has 1 rings (SSSR count). The summed E-state index contributed by atoms with van der Waals surface area (Å²) in [6, 6.07) is 4.09. The van der Waals surface area contributed by atoms with Crippen LogP contribution >= 0.6 is 0 Å². The summed E-state index contributed by atoms with van der Waals surface area (Å²) in [5.41, 5.74) is -0.298. The third-order valence-corrected chi connectivity index (χ3v) is 2.48. The number of halogens is 1. The Balaban J connectivity index is 3.09. The van der Waals surface area contributed by atoms with Crippen molar-refractivity contribution in [1.29, 1.82) is 0 Å². The van der Waals surface area contributed by atoms with Crippen molar-refractivity contribution in [1.82, 2.24) is 0 Å². The van der Waals surface area contributed by atoms with Gasteiger partial charge in [-0.3, -0.25) is 0 Å². The van der Waals surface area contributed by atoms with Gasteiger partial charge in [-0.15, -0.1) is 4.91 Å². The largest absolute Gasteiger partial charge is 0.512 e. The van der Waals surface area contributed by atoms with Gasteiger partial charge < -0.3 is 9.84 Å². The number of aliphatic hydroxyl groups excluding tert-OH is 1. The maximum absolute atomic E-state index is 13.8. The summed E-state index contributed by atoms with van der Waals surface area (Å²) in [4.78, 5) is 22.0. The van der Waals surface area contributed by atoms with E-state index in [0.29, 0.717) is 0 Å². The molecule has 0 aliphatic heterocycles. The van der Waals surface area contributed by atoms with Gasteiger partial charge in [-0.1, -0.05) is 12.1 Å². The quantitative estimate of drug-likeness (QED) is 0.385. The summed E-state index contributed by atoms with van der Waals surface area (Å²) in [5.74, 6) is -1.77. The Morgan fingerprint density at radius 1 is 1.47 bits per heavy atom. The predicted molar refractivity (Wildman–Crippen MR) is 67.5 cm³/mol. The van der Waals surface area contributed by atoms with E-state index in [9.17, 15) is 19.2 Å². The van der Waals surface area contributed by atoms with Gasteiger partial charge in [-0.2, -0.15) is 0 Å². The molecule has 0 heterocycles. The second kappa shape index (κ2) is 6.63. The number of nitrogens with zero attached hydrogens (tertiary/aromatic N) is 1. The lowest BCUT2D eigenvalue weighted by Crippen LogP contribution is -2.12. The molecule has 0 spiro atoms. The van der Waals surface area contributed by atoms with E-state index in [1.165, 1.54) is 25.1 Å². The topological polar surface area (TPSA) is 76.0 Å². The monoisotopic (exact) mass is 267 g/mol. The fraction of sp³-hybridized carbons (Fsp3) is 0.308. The molecule has 0 saturated carbocycles. The van der Waals surface area contributed by atoms with E-state index in [2.05, 4.69) is 5.18 Å². The smallest absolute Gasteiger partial charge is 0.337 e. The zero-order valence-electron chi connectivity index (χ0n) is 10.6. The number of allylic oxidation sites excluding steroid dienone is 1. The summed E-state index contributed by atoms with van der Waals surface area (Å²) in [5, 5.41) is 12.0. The maximum Gasteiger partial charge on any atom is 0.337 e. The van der Waals surface area contributed by atoms with Gasteiger partial charge in [-0.05, 0) is 30.7 Å². The van der Waals surface area contributed by atoms with E-state index >= 15 is 0 Å². The lowest BCUT2D eigenvalue weighted by molar-refractivity contribution is -0.138. The lowest BCUT2D eigenvalue weighted by Gasteiger charge is -2.09. The van der Waals surface area contributed by atoms with Crippen LogP contribution in [0.3, 0.4) is 0 Å². The van der Waals surface area contributed by atoms with E-state index in [-0.39, 0.29) is 35.6 Å². The summed E-state index contributed by atoms with van der Waals surface area (Å²) in [7, 11) is 0. The number of rotatable bonds is 5. The molecule has 1 aromatic carbocycles. The zero-order chi connectivity index (χ0) is 14.4. The van der Waals surface area contributed by atoms with Crippen LogP contribution in [0.1, 0.15) is 19.4 Å². The Hall–Kier alpha value is -2.24. The third-order valence-electron chi connectivity index (χ3n) is 2.48. The molecule has 6 heteroatoms. The van der Waals surface area contributed by atoms with Crippen molar-refractivity contribution in [2.24, 2.45) is 5.18 Å². The van der Waals surface area contributed by atoms with E-state index in [1.807, 2.05) is 0 Å². The minimum atomic E-state index is -0.805. The molecule has 19 heavy (non-hydrogen) atoms. The second-order valence-electron chi connectivity index (χ2n) is 3.80. The van der Waals surface area contributed by atoms with Crippen molar-refractivity contribution in [3.63, 3.8) is 0 Å². The van der Waals surface area contributed by atoms with Crippen LogP contribution in [0.25, 0.3) is 0 Å². The highest BCUT2D eigenvalue weighted by atomic mass is 19.1. The Kier molecular flexibility index (Phi) is 5.17. The molecule has 1 aromatic rings. The SMILES string of the molecule is CCOC(=O)/C(Cc1cccc(N=O)c1F)=C(/C)O. The van der Waals surface area contributed by atoms with Crippen molar-refractivity contribution < 1.29 is 19.0 Å². The van der Waals surface area contributed by atoms with Crippen molar-refractivity contribution in [3.05, 3.63) is 45.8 Å². The lowest BCUT2D eigenvalue weighted by atomic mass is 10.0. The van der Waals surface area contributed by atoms with Crippen molar-refractivity contribution in [2.45, 2.75) is 20.3 Å². The van der Waals surface area contributed by atoms with Gasteiger partial charge in [0.25, 0.3) is 0 Å². The van der Waals surface area contributed by atoms with Crippen molar-refractivity contribution in [3.8, 4) is 0 Å². The molecule has 0 aliphatic carbocycles. The highest BCUT2D eigenvalue weighted by Gasteiger charge is 2.18. The number of nitroso groups, excluding NO2 is 1. The standard InChI is InChI=1S/C13H14FNO4/c1-3-19-13(17)10(8(2)16)7-9-5-4-6-11(15-18)12(9)14/h4-6,16H,3,7H2,1-2H3/b10-8-. The molecule has 0 aromatic heterocycles. The fourth-order valence-corrected chi connectivity index (χ4v) is 1.53. The average molecular weight is 267 g/mol. The van der Waals surface area contributed by atoms with Crippen LogP contribution in [0.5, 0.6) is 0 Å². The number of carbonyl (C=O) groups excluding carboxylic acids is 1. The summed E-state index contributed by atoms with van der Waals surface area (Å²) in [6.45, 7) is 3.08. The molecule has 0 saturated heterocycles. The molecular weight excluding hydrogens is 253 g/mol. The molecule has 5 nitrogen and oxygen atoms in total. The van der Waals surface area contributed by atoms with Gasteiger partial charge in [0.15, 0.2) is 5.82 Å². The molecule has 102 valence electrons. The number of hydrogen-bond acceptors (Lipinski definition) is 5. The number of hydrogen-bond donors (Lipinski definition) is 1. The molecule has 0 bridgehead atoms. The molecule has 0 radical (unpaired) electrons. The second-order valence-corrected chi connectivity index (χ2v) is 3.80. The van der Waals surface area contributed by atoms with E-state index < -0.39 is 11.8 Å². The maximum atomic E-state index is 13.8. The normalized spacial score (nSPS) is 11.7. The first-order chi connectivity index (χ1) is 9.01. The van der Waals surface area contributed by atoms with Gasteiger partial charge in [0.2, 0.25) is 0 Å². The van der Waals surface area contributed by atoms with Crippen LogP contribution in [0.4, 0.5) is 10.1 Å². The molecule has 0 unspecified atom stereocenters. The van der Waals surface area contributed by atoms with Crippen LogP contribution in [0.2, 0.25) is 0 Å². The van der Waals surface area contributed by atoms with E-state index in [4.69, 9.17) is 4.74 Å². The van der Waals surface area contributed by atoms with Gasteiger partial charge in [0.1, 0.15) is 5.69 Å². The predicted octanol–water partition coefficient (Wildman–Crippen LogP) is 3.16. The van der Waals surface area contributed by atoms with Crippen molar-refractivity contribution in [2.75, 3.05) is 6.61 Å². The van der Waals surface area contributed by atoms with Crippen LogP contribution in [-0.4, -0.2) is 17.7 Å². The Morgan fingerprint density at radius 2 is 2.16 bits per heavy atom. The van der Waals surface area contributed by atoms with Gasteiger partial charge >= 0.3 is 5.97 Å². The highest BCUT2D eigenvalue weighted by molar-refractivity contribution is 5.89. The molecule has 0 atom stereocenters. The Labute approximate surface area is 109 Å². The number of aliphatic hydroxyl groups is 1. The number of benzene rings is 1. The molecule has 0 aliphatic rings. The van der Waals surface area contributed by atoms with Crippen LogP contribution < -0.4 is 0 Å². The van der Waals surface area contributed by atoms with Crippen LogP contribution in [0.15, 0.2) is 34.7 Å². The Bertz CT molecular complexity index is 521. The first-order valence-corrected chi connectivity index (χ1v) is 5.67. The number of carbonyl (C=O) groups is 1. The summed E-state index contributed by atoms with van der Waals surface area (Å²) < 4.78 is 18.6. The molecule has 0 fully saturated rings. The zero-order valence-corrected chi connectivity index (χ0v) is 10.6. The number of ether oxygens (including phenoxy) is 1. The van der Waals surface area contributed by atoms with Gasteiger partial charge in [0, 0.05) is 6.42 Å². The Morgan fingerprint density at radius 3 is 2.68 bits per heavy atom. The van der Waals surface area contributed by atoms with Gasteiger partial charge in [0.05, 0.1) is 17.9 Å². The van der Waals surface area contributed by atoms with E-state index in [1.54, 1.807) is 6.92 Å². The first kappa shape index (κ1) is 14.8. The minimum Gasteiger partial charge on any atom is -0.512 e. The third kappa shape index (κ3) is 3.61. The van der Waals surface area contributed by atoms with Crippen LogP contribution in [0, 0.1) is 10.7 Å². The highest BCUT2D eigenvalue weighted by Crippen LogP contribution is 2.23. The number of esters is 1. The van der Waals surface area contributed by atoms with Crippen LogP contribution in [-0.2, 0) is 16.0 Å². The molecular formula is C13H14FNO4. The molecule has 0 amide bonds. The first-order valence-electron chi connectivity index (χ1n) is 5.67.